The van der Waals surface area contributed by atoms with E-state index in [0.717, 1.165) is 6.16 Å². The molecule has 0 aliphatic carbocycles. The maximum atomic E-state index is 3.57. The summed E-state index contributed by atoms with van der Waals surface area (Å²) in [5, 5.41) is 6.84. The number of fused-ring (bicyclic) bond motifs is 3. The van der Waals surface area contributed by atoms with Gasteiger partial charge in [-0.1, -0.05) is 78.9 Å². The Morgan fingerprint density at radius 2 is 0.939 bits per heavy atom. The third-order valence-electron chi connectivity index (χ3n) is 6.58. The van der Waals surface area contributed by atoms with Crippen molar-refractivity contribution in [1.82, 2.24) is 4.98 Å². The van der Waals surface area contributed by atoms with Crippen LogP contribution in [0.4, 0.5) is 0 Å². The number of rotatable bonds is 5. The van der Waals surface area contributed by atoms with E-state index in [1.54, 1.807) is 0 Å². The van der Waals surface area contributed by atoms with Crippen LogP contribution in [0.2, 0.25) is 0 Å². The Bertz CT molecular complexity index is 1420. The molecule has 0 spiro atoms. The van der Waals surface area contributed by atoms with Gasteiger partial charge in [-0.25, -0.2) is 0 Å². The minimum atomic E-state index is -1.91. The molecule has 0 atom stereocenters. The Hall–Kier alpha value is -3.67. The van der Waals surface area contributed by atoms with Gasteiger partial charge in [0.1, 0.15) is 23.2 Å². The largest absolute Gasteiger partial charge is 0.355 e. The molecule has 33 heavy (non-hydrogen) atoms. The smallest absolute Gasteiger partial charge is 0.116 e. The van der Waals surface area contributed by atoms with Crippen LogP contribution in [0.1, 0.15) is 5.56 Å². The van der Waals surface area contributed by atoms with E-state index in [4.69, 9.17) is 0 Å². The first-order valence-corrected chi connectivity index (χ1v) is 13.4. The van der Waals surface area contributed by atoms with Crippen molar-refractivity contribution in [3.63, 3.8) is 0 Å². The van der Waals surface area contributed by atoms with Crippen molar-refractivity contribution in [2.24, 2.45) is 0 Å². The van der Waals surface area contributed by atoms with Gasteiger partial charge in [0.15, 0.2) is 0 Å². The Morgan fingerprint density at radius 1 is 0.455 bits per heavy atom. The Labute approximate surface area is 195 Å². The van der Waals surface area contributed by atoms with Crippen molar-refractivity contribution in [2.75, 3.05) is 0 Å². The highest BCUT2D eigenvalue weighted by Gasteiger charge is 2.45. The molecule has 2 heteroatoms. The first kappa shape index (κ1) is 20.0. The van der Waals surface area contributed by atoms with Crippen molar-refractivity contribution in [3.8, 4) is 0 Å². The van der Waals surface area contributed by atoms with E-state index in [0.29, 0.717) is 0 Å². The summed E-state index contributed by atoms with van der Waals surface area (Å²) in [6, 6.07) is 48.9. The fraction of sp³-hybridized carbons (Fsp3) is 0.0323. The summed E-state index contributed by atoms with van der Waals surface area (Å²) in [4.78, 5) is 3.57. The number of nitrogens with one attached hydrogen (secondary N) is 1. The molecule has 1 heterocycles. The van der Waals surface area contributed by atoms with E-state index >= 15 is 0 Å². The molecule has 0 radical (unpaired) electrons. The van der Waals surface area contributed by atoms with Crippen molar-refractivity contribution in [2.45, 2.75) is 6.16 Å². The Balaban J connectivity index is 1.60. The van der Waals surface area contributed by atoms with Crippen LogP contribution in [-0.4, -0.2) is 4.98 Å². The normalized spacial score (nSPS) is 11.8. The third-order valence-corrected chi connectivity index (χ3v) is 11.0. The summed E-state index contributed by atoms with van der Waals surface area (Å²) >= 11 is 0. The van der Waals surface area contributed by atoms with E-state index in [1.807, 2.05) is 0 Å². The summed E-state index contributed by atoms with van der Waals surface area (Å²) in [6.45, 7) is 0. The minimum Gasteiger partial charge on any atom is -0.355 e. The van der Waals surface area contributed by atoms with Crippen LogP contribution in [0, 0.1) is 0 Å². The van der Waals surface area contributed by atoms with Gasteiger partial charge < -0.3 is 4.98 Å². The van der Waals surface area contributed by atoms with Crippen molar-refractivity contribution < 1.29 is 0 Å². The Kier molecular flexibility index (Phi) is 5.06. The first-order valence-electron chi connectivity index (χ1n) is 11.4. The molecule has 0 saturated carbocycles. The number of benzene rings is 5. The van der Waals surface area contributed by atoms with Gasteiger partial charge in [-0.15, -0.1) is 0 Å². The summed E-state index contributed by atoms with van der Waals surface area (Å²) in [6.07, 6.45) is 0.987. The van der Waals surface area contributed by atoms with Crippen LogP contribution in [0.25, 0.3) is 21.8 Å². The molecule has 6 rings (SSSR count). The number of hydrogen-bond acceptors (Lipinski definition) is 0. The van der Waals surface area contributed by atoms with E-state index in [2.05, 4.69) is 138 Å². The molecule has 5 aromatic carbocycles. The highest BCUT2D eigenvalue weighted by Crippen LogP contribution is 2.58. The molecule has 0 unspecified atom stereocenters. The number of aromatic nitrogens is 1. The van der Waals surface area contributed by atoms with Crippen LogP contribution in [0.3, 0.4) is 0 Å². The van der Waals surface area contributed by atoms with Gasteiger partial charge in [0.25, 0.3) is 0 Å². The van der Waals surface area contributed by atoms with E-state index in [1.165, 1.54) is 43.3 Å². The fourth-order valence-corrected chi connectivity index (χ4v) is 9.27. The SMILES string of the molecule is c1ccc([P+](Cc2ccc3[nH]c4ccccc4c3c2)(c2ccccc2)c2ccccc2)cc1. The second-order valence-electron chi connectivity index (χ2n) is 8.53. The molecule has 1 nitrogen and oxygen atoms in total. The third kappa shape index (κ3) is 3.46. The number of H-pyrrole nitrogens is 1. The average Bonchev–Trinajstić information content (AvgIpc) is 3.27. The highest BCUT2D eigenvalue weighted by atomic mass is 31.2. The molecular weight excluding hydrogens is 417 g/mol. The van der Waals surface area contributed by atoms with E-state index < -0.39 is 7.26 Å². The quantitative estimate of drug-likeness (QED) is 0.282. The molecule has 0 bridgehead atoms. The number of para-hydroxylation sites is 1. The van der Waals surface area contributed by atoms with Crippen molar-refractivity contribution >= 4 is 45.0 Å². The second-order valence-corrected chi connectivity index (χ2v) is 12.0. The van der Waals surface area contributed by atoms with Crippen molar-refractivity contribution in [3.05, 3.63) is 139 Å². The van der Waals surface area contributed by atoms with Gasteiger partial charge in [-0.05, 0) is 60.2 Å². The molecule has 158 valence electrons. The molecule has 1 aromatic heterocycles. The van der Waals surface area contributed by atoms with Gasteiger partial charge in [0.05, 0.1) is 6.16 Å². The monoisotopic (exact) mass is 442 g/mol. The number of hydrogen-bond donors (Lipinski definition) is 1. The lowest BCUT2D eigenvalue weighted by atomic mass is 10.1. The van der Waals surface area contributed by atoms with Crippen LogP contribution in [-0.2, 0) is 6.16 Å². The Morgan fingerprint density at radius 3 is 1.52 bits per heavy atom. The maximum absolute atomic E-state index is 3.57. The second kappa shape index (κ2) is 8.35. The standard InChI is InChI=1S/C31H25NP/c1-4-12-25(13-5-1)33(26-14-6-2-7-15-26,27-16-8-3-9-17-27)23-24-20-21-31-29(22-24)28-18-10-11-19-30(28)32-31/h1-22,32H,23H2/q+1. The predicted molar refractivity (Wildman–Crippen MR) is 145 cm³/mol. The first-order chi connectivity index (χ1) is 16.3. The van der Waals surface area contributed by atoms with Crippen LogP contribution in [0.15, 0.2) is 133 Å². The molecule has 0 aliphatic rings. The van der Waals surface area contributed by atoms with Gasteiger partial charge in [0, 0.05) is 21.8 Å². The highest BCUT2D eigenvalue weighted by molar-refractivity contribution is 7.95. The zero-order chi connectivity index (χ0) is 22.1. The van der Waals surface area contributed by atoms with Crippen LogP contribution < -0.4 is 15.9 Å². The molecule has 0 aliphatic heterocycles. The summed E-state index contributed by atoms with van der Waals surface area (Å²) in [5.74, 6) is 0. The minimum absolute atomic E-state index is 0.987. The van der Waals surface area contributed by atoms with Gasteiger partial charge in [-0.3, -0.25) is 0 Å². The zero-order valence-electron chi connectivity index (χ0n) is 18.4. The topological polar surface area (TPSA) is 15.8 Å². The van der Waals surface area contributed by atoms with Gasteiger partial charge in [-0.2, -0.15) is 0 Å². The fourth-order valence-electron chi connectivity index (χ4n) is 5.04. The average molecular weight is 443 g/mol. The zero-order valence-corrected chi connectivity index (χ0v) is 19.3. The van der Waals surface area contributed by atoms with E-state index in [-0.39, 0.29) is 0 Å². The van der Waals surface area contributed by atoms with Crippen LogP contribution >= 0.6 is 7.26 Å². The van der Waals surface area contributed by atoms with Crippen LogP contribution in [0.5, 0.6) is 0 Å². The molecular formula is C31H25NP+. The lowest BCUT2D eigenvalue weighted by Crippen LogP contribution is -2.32. The molecule has 0 amide bonds. The maximum Gasteiger partial charge on any atom is 0.116 e. The predicted octanol–water partition coefficient (Wildman–Crippen LogP) is 6.82. The number of aromatic amines is 1. The summed E-state index contributed by atoms with van der Waals surface area (Å²) in [5.41, 5.74) is 3.76. The molecule has 6 aromatic rings. The lowest BCUT2D eigenvalue weighted by Gasteiger charge is -2.28. The molecule has 0 saturated heterocycles. The van der Waals surface area contributed by atoms with Gasteiger partial charge >= 0.3 is 0 Å². The summed E-state index contributed by atoms with van der Waals surface area (Å²) < 4.78 is 0. The van der Waals surface area contributed by atoms with E-state index in [9.17, 15) is 0 Å². The summed E-state index contributed by atoms with van der Waals surface area (Å²) in [7, 11) is -1.91. The van der Waals surface area contributed by atoms with Gasteiger partial charge in [0.2, 0.25) is 0 Å². The van der Waals surface area contributed by atoms with Crippen molar-refractivity contribution in [1.29, 1.82) is 0 Å². The lowest BCUT2D eigenvalue weighted by molar-refractivity contribution is 1.40. The molecule has 1 N–H and O–H groups in total. The molecule has 0 fully saturated rings.